The van der Waals surface area contributed by atoms with Gasteiger partial charge in [-0.05, 0) is 29.8 Å². The van der Waals surface area contributed by atoms with E-state index in [2.05, 4.69) is 0 Å². The number of hydrogen-bond acceptors (Lipinski definition) is 7. The van der Waals surface area contributed by atoms with E-state index in [1.807, 2.05) is 0 Å². The highest BCUT2D eigenvalue weighted by molar-refractivity contribution is 6.21. The van der Waals surface area contributed by atoms with Crippen LogP contribution in [-0.2, 0) is 16.1 Å². The van der Waals surface area contributed by atoms with Gasteiger partial charge in [0.15, 0.2) is 6.61 Å². The van der Waals surface area contributed by atoms with Crippen LogP contribution >= 0.6 is 0 Å². The lowest BCUT2D eigenvalue weighted by molar-refractivity contribution is -0.123. The van der Waals surface area contributed by atoms with Gasteiger partial charge in [0.05, 0.1) is 24.8 Å². The molecule has 1 aliphatic rings. The third-order valence-corrected chi connectivity index (χ3v) is 4.30. The van der Waals surface area contributed by atoms with Gasteiger partial charge in [0.25, 0.3) is 17.7 Å². The predicted octanol–water partition coefficient (Wildman–Crippen LogP) is 0.843. The Bertz CT molecular complexity index is 1030. The summed E-state index contributed by atoms with van der Waals surface area (Å²) < 4.78 is 10.00. The summed E-state index contributed by atoms with van der Waals surface area (Å²) in [5.74, 6) is -2.48. The Morgan fingerprint density at radius 1 is 1.03 bits per heavy atom. The first-order valence-corrected chi connectivity index (χ1v) is 8.70. The molecule has 1 aliphatic heterocycles. The third-order valence-electron chi connectivity index (χ3n) is 4.30. The number of imide groups is 2. The molecule has 0 spiro atoms. The van der Waals surface area contributed by atoms with Crippen molar-refractivity contribution in [3.63, 3.8) is 0 Å². The average Bonchev–Trinajstić information content (AvgIpc) is 2.96. The van der Waals surface area contributed by atoms with Gasteiger partial charge in [0, 0.05) is 0 Å². The summed E-state index contributed by atoms with van der Waals surface area (Å²) in [5, 5.41) is 1.77. The molecule has 154 valence electrons. The molecule has 0 bridgehead atoms. The monoisotopic (exact) mass is 411 g/mol. The number of methoxy groups -OCH3 is 1. The SMILES string of the molecule is COc1ccc(CN2C(=O)c3ccccc3C2=O)cc1C(=O)OCC(=O)NC(N)=O. The largest absolute Gasteiger partial charge is 0.496 e. The summed E-state index contributed by atoms with van der Waals surface area (Å²) in [5.41, 5.74) is 5.90. The van der Waals surface area contributed by atoms with Gasteiger partial charge in [-0.15, -0.1) is 0 Å². The van der Waals surface area contributed by atoms with Crippen molar-refractivity contribution in [2.75, 3.05) is 13.7 Å². The Morgan fingerprint density at radius 3 is 2.23 bits per heavy atom. The van der Waals surface area contributed by atoms with Crippen LogP contribution in [0.1, 0.15) is 36.6 Å². The number of carbonyl (C=O) groups excluding carboxylic acids is 5. The van der Waals surface area contributed by atoms with Crippen LogP contribution in [-0.4, -0.2) is 48.3 Å². The number of fused-ring (bicyclic) bond motifs is 1. The Balaban J connectivity index is 1.77. The number of hydrogen-bond donors (Lipinski definition) is 2. The fourth-order valence-electron chi connectivity index (χ4n) is 2.96. The minimum absolute atomic E-state index is 0.0153. The normalized spacial score (nSPS) is 12.4. The van der Waals surface area contributed by atoms with E-state index in [-0.39, 0.29) is 17.9 Å². The summed E-state index contributed by atoms with van der Waals surface area (Å²) in [6.07, 6.45) is 0. The van der Waals surface area contributed by atoms with Crippen LogP contribution in [0.15, 0.2) is 42.5 Å². The fraction of sp³-hybridized carbons (Fsp3) is 0.150. The Morgan fingerprint density at radius 2 is 1.67 bits per heavy atom. The van der Waals surface area contributed by atoms with Crippen molar-refractivity contribution < 1.29 is 33.4 Å². The number of amides is 5. The lowest BCUT2D eigenvalue weighted by Crippen LogP contribution is -2.37. The Hall–Kier alpha value is -4.21. The second-order valence-corrected chi connectivity index (χ2v) is 6.27. The molecule has 5 amide bonds. The minimum Gasteiger partial charge on any atom is -0.496 e. The van der Waals surface area contributed by atoms with Gasteiger partial charge in [0.2, 0.25) is 0 Å². The van der Waals surface area contributed by atoms with E-state index >= 15 is 0 Å². The number of rotatable bonds is 6. The van der Waals surface area contributed by atoms with Crippen molar-refractivity contribution in [1.82, 2.24) is 10.2 Å². The highest BCUT2D eigenvalue weighted by atomic mass is 16.5. The predicted molar refractivity (Wildman–Crippen MR) is 102 cm³/mol. The molecule has 0 aliphatic carbocycles. The van der Waals surface area contributed by atoms with E-state index < -0.39 is 36.3 Å². The molecule has 3 rings (SSSR count). The Labute approximate surface area is 170 Å². The van der Waals surface area contributed by atoms with Gasteiger partial charge in [-0.25, -0.2) is 9.59 Å². The number of ether oxygens (including phenoxy) is 2. The third kappa shape index (κ3) is 4.12. The van der Waals surface area contributed by atoms with Gasteiger partial charge >= 0.3 is 12.0 Å². The van der Waals surface area contributed by atoms with Crippen LogP contribution in [0.4, 0.5) is 4.79 Å². The highest BCUT2D eigenvalue weighted by Gasteiger charge is 2.35. The number of nitrogens with zero attached hydrogens (tertiary/aromatic N) is 1. The zero-order valence-corrected chi connectivity index (χ0v) is 15.8. The number of carbonyl (C=O) groups is 5. The van der Waals surface area contributed by atoms with Crippen molar-refractivity contribution in [2.24, 2.45) is 5.73 Å². The molecule has 30 heavy (non-hydrogen) atoms. The molecule has 0 atom stereocenters. The number of esters is 1. The van der Waals surface area contributed by atoms with Crippen molar-refractivity contribution in [1.29, 1.82) is 0 Å². The van der Waals surface area contributed by atoms with E-state index in [1.165, 1.54) is 19.2 Å². The second kappa shape index (κ2) is 8.43. The second-order valence-electron chi connectivity index (χ2n) is 6.27. The summed E-state index contributed by atoms with van der Waals surface area (Å²) in [6, 6.07) is 9.89. The van der Waals surface area contributed by atoms with E-state index in [0.717, 1.165) is 4.90 Å². The maximum atomic E-state index is 12.5. The molecule has 10 nitrogen and oxygen atoms in total. The summed E-state index contributed by atoms with van der Waals surface area (Å²) in [6.45, 7) is -0.799. The van der Waals surface area contributed by atoms with Crippen molar-refractivity contribution in [3.8, 4) is 5.75 Å². The zero-order chi connectivity index (χ0) is 21.8. The van der Waals surface area contributed by atoms with Crippen LogP contribution in [0.5, 0.6) is 5.75 Å². The lowest BCUT2D eigenvalue weighted by Gasteiger charge is -2.15. The van der Waals surface area contributed by atoms with Crippen molar-refractivity contribution in [3.05, 3.63) is 64.7 Å². The maximum absolute atomic E-state index is 12.5. The number of primary amides is 1. The van der Waals surface area contributed by atoms with Crippen LogP contribution in [0.25, 0.3) is 0 Å². The summed E-state index contributed by atoms with van der Waals surface area (Å²) in [4.78, 5) is 60.5. The van der Waals surface area contributed by atoms with Crippen LogP contribution in [0.2, 0.25) is 0 Å². The molecule has 0 saturated carbocycles. The minimum atomic E-state index is -1.07. The molecule has 10 heteroatoms. The number of urea groups is 1. The van der Waals surface area contributed by atoms with E-state index in [9.17, 15) is 24.0 Å². The molecular weight excluding hydrogens is 394 g/mol. The van der Waals surface area contributed by atoms with Gasteiger partial charge in [-0.2, -0.15) is 0 Å². The van der Waals surface area contributed by atoms with Gasteiger partial charge < -0.3 is 15.2 Å². The first-order chi connectivity index (χ1) is 14.3. The summed E-state index contributed by atoms with van der Waals surface area (Å²) in [7, 11) is 1.34. The van der Waals surface area contributed by atoms with Gasteiger partial charge in [0.1, 0.15) is 11.3 Å². The van der Waals surface area contributed by atoms with Crippen molar-refractivity contribution >= 4 is 29.7 Å². The molecule has 0 unspecified atom stereocenters. The van der Waals surface area contributed by atoms with Gasteiger partial charge in [-0.3, -0.25) is 24.6 Å². The first kappa shape index (κ1) is 20.5. The van der Waals surface area contributed by atoms with Crippen LogP contribution < -0.4 is 15.8 Å². The highest BCUT2D eigenvalue weighted by Crippen LogP contribution is 2.26. The molecular formula is C20H17N3O7. The first-order valence-electron chi connectivity index (χ1n) is 8.70. The topological polar surface area (TPSA) is 145 Å². The zero-order valence-electron chi connectivity index (χ0n) is 15.8. The number of nitrogens with one attached hydrogen (secondary N) is 1. The lowest BCUT2D eigenvalue weighted by atomic mass is 10.1. The van der Waals surface area contributed by atoms with Gasteiger partial charge in [-0.1, -0.05) is 18.2 Å². The molecule has 2 aromatic carbocycles. The number of nitrogens with two attached hydrogens (primary N) is 1. The maximum Gasteiger partial charge on any atom is 0.342 e. The molecule has 0 fully saturated rings. The molecule has 1 heterocycles. The molecule has 0 aromatic heterocycles. The Kier molecular flexibility index (Phi) is 5.77. The molecule has 3 N–H and O–H groups in total. The smallest absolute Gasteiger partial charge is 0.342 e. The van der Waals surface area contributed by atoms with Crippen LogP contribution in [0.3, 0.4) is 0 Å². The average molecular weight is 411 g/mol. The van der Waals surface area contributed by atoms with Crippen molar-refractivity contribution in [2.45, 2.75) is 6.54 Å². The molecule has 0 radical (unpaired) electrons. The fourth-order valence-corrected chi connectivity index (χ4v) is 2.96. The van der Waals surface area contributed by atoms with E-state index in [4.69, 9.17) is 15.2 Å². The summed E-state index contributed by atoms with van der Waals surface area (Å²) >= 11 is 0. The van der Waals surface area contributed by atoms with E-state index in [0.29, 0.717) is 16.7 Å². The molecule has 0 saturated heterocycles. The van der Waals surface area contributed by atoms with Crippen LogP contribution in [0, 0.1) is 0 Å². The number of benzene rings is 2. The quantitative estimate of drug-likeness (QED) is 0.529. The van der Waals surface area contributed by atoms with E-state index in [1.54, 1.807) is 35.6 Å². The standard InChI is InChI=1S/C20H17N3O7/c1-29-15-7-6-11(8-14(15)19(27)30-10-16(24)22-20(21)28)9-23-17(25)12-4-2-3-5-13(12)18(23)26/h2-8H,9-10H2,1H3,(H3,21,22,24,28). The molecule has 2 aromatic rings.